The third-order valence-electron chi connectivity index (χ3n) is 3.88. The molecule has 0 N–H and O–H groups in total. The minimum absolute atomic E-state index is 0.233. The highest BCUT2D eigenvalue weighted by Crippen LogP contribution is 2.40. The molecule has 0 fully saturated rings. The minimum atomic E-state index is 0.233. The smallest absolute Gasteiger partial charge is 0.195 e. The summed E-state index contributed by atoms with van der Waals surface area (Å²) in [6.07, 6.45) is 2.02. The molecule has 3 aromatic rings. The van der Waals surface area contributed by atoms with E-state index in [1.807, 2.05) is 12.1 Å². The molecule has 0 aliphatic heterocycles. The molecule has 0 saturated carbocycles. The predicted molar refractivity (Wildman–Crippen MR) is 73.4 cm³/mol. The minimum Gasteiger partial charge on any atom is -0.289 e. The van der Waals surface area contributed by atoms with Crippen LogP contribution in [-0.2, 0) is 12.8 Å². The molecule has 0 bridgehead atoms. The van der Waals surface area contributed by atoms with Crippen molar-refractivity contribution in [3.8, 4) is 22.3 Å². The lowest BCUT2D eigenvalue weighted by atomic mass is 9.92. The van der Waals surface area contributed by atoms with Crippen molar-refractivity contribution in [2.24, 2.45) is 0 Å². The van der Waals surface area contributed by atoms with Gasteiger partial charge in [-0.05, 0) is 35.1 Å². The fourth-order valence-electron chi connectivity index (χ4n) is 2.92. The lowest BCUT2D eigenvalue weighted by Gasteiger charge is -2.11. The average Bonchev–Trinajstić information content (AvgIpc) is 3.05. The quantitative estimate of drug-likeness (QED) is 0.581. The molecule has 1 aliphatic rings. The maximum absolute atomic E-state index is 12.1. The number of hydrogen-bond donors (Lipinski definition) is 0. The Morgan fingerprint density at radius 2 is 1.11 bits per heavy atom. The maximum Gasteiger partial charge on any atom is 0.195 e. The molecule has 86 valence electrons. The van der Waals surface area contributed by atoms with Crippen LogP contribution in [0.25, 0.3) is 22.3 Å². The van der Waals surface area contributed by atoms with E-state index in [0.29, 0.717) is 0 Å². The van der Waals surface area contributed by atoms with E-state index in [1.165, 1.54) is 11.1 Å². The number of aryl methyl sites for hydroxylation is 2. The summed E-state index contributed by atoms with van der Waals surface area (Å²) in [6, 6.07) is 16.6. The van der Waals surface area contributed by atoms with Crippen LogP contribution in [0.1, 0.15) is 11.1 Å². The Morgan fingerprint density at radius 3 is 1.61 bits per heavy atom. The summed E-state index contributed by atoms with van der Waals surface area (Å²) in [5.41, 5.74) is 7.00. The van der Waals surface area contributed by atoms with Crippen molar-refractivity contribution in [3.63, 3.8) is 0 Å². The Bertz CT molecular complexity index is 695. The molecule has 0 atom stereocenters. The molecule has 1 aliphatic carbocycles. The SMILES string of the molecule is O=c1c2c1-c1ccccc1CCc1ccccc1-2. The summed E-state index contributed by atoms with van der Waals surface area (Å²) in [5.74, 6) is 0. The van der Waals surface area contributed by atoms with Crippen LogP contribution in [0.2, 0.25) is 0 Å². The van der Waals surface area contributed by atoms with Crippen molar-refractivity contribution in [2.45, 2.75) is 12.8 Å². The van der Waals surface area contributed by atoms with Gasteiger partial charge in [0.2, 0.25) is 0 Å². The fourth-order valence-corrected chi connectivity index (χ4v) is 2.92. The molecule has 1 heteroatoms. The highest BCUT2D eigenvalue weighted by Gasteiger charge is 2.29. The van der Waals surface area contributed by atoms with Crippen molar-refractivity contribution in [1.29, 1.82) is 0 Å². The molecule has 4 rings (SSSR count). The van der Waals surface area contributed by atoms with E-state index in [4.69, 9.17) is 0 Å². The first-order valence-corrected chi connectivity index (χ1v) is 6.32. The molecular formula is C17H12O. The van der Waals surface area contributed by atoms with Gasteiger partial charge in [0.05, 0.1) is 0 Å². The second kappa shape index (κ2) is 3.42. The van der Waals surface area contributed by atoms with Crippen molar-refractivity contribution >= 4 is 0 Å². The van der Waals surface area contributed by atoms with Crippen molar-refractivity contribution < 1.29 is 0 Å². The second-order valence-corrected chi connectivity index (χ2v) is 4.89. The topological polar surface area (TPSA) is 17.1 Å². The molecule has 0 aromatic heterocycles. The highest BCUT2D eigenvalue weighted by molar-refractivity contribution is 5.96. The summed E-state index contributed by atoms with van der Waals surface area (Å²) in [4.78, 5) is 12.1. The predicted octanol–water partition coefficient (Wildman–Crippen LogP) is 3.36. The van der Waals surface area contributed by atoms with Crippen molar-refractivity contribution in [2.75, 3.05) is 0 Å². The van der Waals surface area contributed by atoms with Gasteiger partial charge in [0.25, 0.3) is 0 Å². The summed E-state index contributed by atoms with van der Waals surface area (Å²) in [6.45, 7) is 0. The van der Waals surface area contributed by atoms with Gasteiger partial charge in [0.15, 0.2) is 5.43 Å². The van der Waals surface area contributed by atoms with E-state index in [9.17, 15) is 4.79 Å². The van der Waals surface area contributed by atoms with Crippen molar-refractivity contribution in [1.82, 2.24) is 0 Å². The van der Waals surface area contributed by atoms with Gasteiger partial charge >= 0.3 is 0 Å². The third kappa shape index (κ3) is 1.25. The van der Waals surface area contributed by atoms with Crippen LogP contribution in [-0.4, -0.2) is 0 Å². The van der Waals surface area contributed by atoms with Crippen LogP contribution >= 0.6 is 0 Å². The maximum atomic E-state index is 12.1. The van der Waals surface area contributed by atoms with Crippen LogP contribution in [0.4, 0.5) is 0 Å². The van der Waals surface area contributed by atoms with E-state index >= 15 is 0 Å². The standard InChI is InChI=1S/C17H12O/c18-17-15-13-7-3-1-5-11(13)9-10-12-6-2-4-8-14(12)16(15)17/h1-8H,9-10H2. The zero-order valence-corrected chi connectivity index (χ0v) is 9.94. The second-order valence-electron chi connectivity index (χ2n) is 4.89. The molecule has 1 nitrogen and oxygen atoms in total. The van der Waals surface area contributed by atoms with Crippen LogP contribution < -0.4 is 5.43 Å². The lowest BCUT2D eigenvalue weighted by molar-refractivity contribution is 0.963. The zero-order chi connectivity index (χ0) is 12.1. The first kappa shape index (κ1) is 9.84. The van der Waals surface area contributed by atoms with E-state index < -0.39 is 0 Å². The van der Waals surface area contributed by atoms with E-state index in [-0.39, 0.29) is 5.43 Å². The van der Waals surface area contributed by atoms with Gasteiger partial charge in [-0.3, -0.25) is 4.79 Å². The monoisotopic (exact) mass is 232 g/mol. The number of fused-ring (bicyclic) bond motifs is 5. The summed E-state index contributed by atoms with van der Waals surface area (Å²) in [7, 11) is 0. The first-order valence-electron chi connectivity index (χ1n) is 6.32. The van der Waals surface area contributed by atoms with Gasteiger partial charge in [-0.2, -0.15) is 0 Å². The van der Waals surface area contributed by atoms with Gasteiger partial charge in [-0.1, -0.05) is 48.5 Å². The molecule has 0 heterocycles. The van der Waals surface area contributed by atoms with Crippen LogP contribution in [0, 0.1) is 0 Å². The summed E-state index contributed by atoms with van der Waals surface area (Å²) < 4.78 is 0. The summed E-state index contributed by atoms with van der Waals surface area (Å²) in [5, 5.41) is 0. The molecule has 0 saturated heterocycles. The fraction of sp³-hybridized carbons (Fsp3) is 0.118. The van der Waals surface area contributed by atoms with Gasteiger partial charge in [0, 0.05) is 11.1 Å². The molecule has 0 radical (unpaired) electrons. The van der Waals surface area contributed by atoms with E-state index in [0.717, 1.165) is 35.1 Å². The Morgan fingerprint density at radius 1 is 0.667 bits per heavy atom. The Kier molecular flexibility index (Phi) is 1.87. The van der Waals surface area contributed by atoms with Gasteiger partial charge in [-0.15, -0.1) is 0 Å². The Hall–Kier alpha value is -2.15. The summed E-state index contributed by atoms with van der Waals surface area (Å²) >= 11 is 0. The molecule has 0 spiro atoms. The number of rotatable bonds is 0. The van der Waals surface area contributed by atoms with Gasteiger partial charge in [0.1, 0.15) is 0 Å². The van der Waals surface area contributed by atoms with E-state index in [1.54, 1.807) is 0 Å². The van der Waals surface area contributed by atoms with Gasteiger partial charge in [-0.25, -0.2) is 0 Å². The first-order chi connectivity index (χ1) is 8.86. The molecule has 0 amide bonds. The largest absolute Gasteiger partial charge is 0.289 e. The third-order valence-corrected chi connectivity index (χ3v) is 3.88. The Labute approximate surface area is 105 Å². The normalized spacial score (nSPS) is 13.3. The van der Waals surface area contributed by atoms with Gasteiger partial charge < -0.3 is 0 Å². The van der Waals surface area contributed by atoms with Crippen LogP contribution in [0.5, 0.6) is 0 Å². The zero-order valence-electron chi connectivity index (χ0n) is 9.94. The molecular weight excluding hydrogens is 220 g/mol. The van der Waals surface area contributed by atoms with Crippen LogP contribution in [0.3, 0.4) is 0 Å². The average molecular weight is 232 g/mol. The number of benzene rings is 2. The molecule has 18 heavy (non-hydrogen) atoms. The van der Waals surface area contributed by atoms with Crippen molar-refractivity contribution in [3.05, 3.63) is 69.9 Å². The highest BCUT2D eigenvalue weighted by atomic mass is 16.1. The number of hydrogen-bond acceptors (Lipinski definition) is 1. The van der Waals surface area contributed by atoms with Crippen LogP contribution in [0.15, 0.2) is 53.3 Å². The molecule has 3 aromatic carbocycles. The molecule has 0 unspecified atom stereocenters. The Balaban J connectivity index is 2.01. The lowest BCUT2D eigenvalue weighted by Crippen LogP contribution is -1.96. The van der Waals surface area contributed by atoms with E-state index in [2.05, 4.69) is 36.4 Å².